The summed E-state index contributed by atoms with van der Waals surface area (Å²) in [6.45, 7) is 4.40. The molecule has 1 aliphatic heterocycles. The lowest BCUT2D eigenvalue weighted by Crippen LogP contribution is -2.42. The van der Waals surface area contributed by atoms with Gasteiger partial charge in [0, 0.05) is 18.8 Å². The molecule has 0 saturated carbocycles. The van der Waals surface area contributed by atoms with E-state index < -0.39 is 48.7 Å². The Morgan fingerprint density at radius 2 is 2.03 bits per heavy atom. The number of hydrogen-bond donors (Lipinski definition) is 1. The molecule has 0 aromatic heterocycles. The van der Waals surface area contributed by atoms with Crippen molar-refractivity contribution >= 4 is 19.2 Å². The summed E-state index contributed by atoms with van der Waals surface area (Å²) < 4.78 is 51.0. The maximum absolute atomic E-state index is 13.9. The molecule has 1 aliphatic rings. The van der Waals surface area contributed by atoms with Crippen LogP contribution in [0.2, 0.25) is 0 Å². The second-order valence-electron chi connectivity index (χ2n) is 7.98. The second kappa shape index (κ2) is 9.32. The summed E-state index contributed by atoms with van der Waals surface area (Å²) in [6, 6.07) is 3.03. The zero-order chi connectivity index (χ0) is 21.8. The van der Waals surface area contributed by atoms with E-state index in [2.05, 4.69) is 0 Å². The molecule has 2 rings (SSSR count). The third-order valence-corrected chi connectivity index (χ3v) is 7.46. The molecule has 29 heavy (non-hydrogen) atoms. The Balaban J connectivity index is 2.16. The van der Waals surface area contributed by atoms with Gasteiger partial charge in [0.25, 0.3) is 5.91 Å². The second-order valence-corrected chi connectivity index (χ2v) is 10.8. The number of aryl methyl sites for hydroxylation is 1. The van der Waals surface area contributed by atoms with Crippen LogP contribution in [0.15, 0.2) is 18.2 Å². The number of ether oxygens (including phenoxy) is 1. The van der Waals surface area contributed by atoms with Crippen molar-refractivity contribution in [1.29, 1.82) is 0 Å². The van der Waals surface area contributed by atoms with E-state index in [4.69, 9.17) is 9.26 Å². The lowest BCUT2D eigenvalue weighted by atomic mass is 9.98. The van der Waals surface area contributed by atoms with Crippen molar-refractivity contribution in [3.8, 4) is 0 Å². The quantitative estimate of drug-likeness (QED) is 0.305. The minimum absolute atomic E-state index is 0.0776. The summed E-state index contributed by atoms with van der Waals surface area (Å²) in [6.07, 6.45) is 0.317. The number of carbonyl (C=O) groups is 2. The Kier molecular flexibility index (Phi) is 7.54. The Bertz CT molecular complexity index is 810. The third kappa shape index (κ3) is 6.07. The summed E-state index contributed by atoms with van der Waals surface area (Å²) in [4.78, 5) is 24.3. The first-order valence-electron chi connectivity index (χ1n) is 9.29. The summed E-state index contributed by atoms with van der Waals surface area (Å²) in [5, 5.41) is 10.2. The molecule has 1 fully saturated rings. The van der Waals surface area contributed by atoms with Crippen LogP contribution in [0.5, 0.6) is 0 Å². The third-order valence-electron chi connectivity index (χ3n) is 4.64. The van der Waals surface area contributed by atoms with Crippen LogP contribution < -0.4 is 0 Å². The van der Waals surface area contributed by atoms with Gasteiger partial charge in [0.05, 0.1) is 5.41 Å². The summed E-state index contributed by atoms with van der Waals surface area (Å²) in [5.41, 5.74) is -1.81. The zero-order valence-corrected chi connectivity index (χ0v) is 17.6. The first-order chi connectivity index (χ1) is 13.4. The molecule has 0 bridgehead atoms. The summed E-state index contributed by atoms with van der Waals surface area (Å²) in [7, 11) is -3.78. The number of piperidine rings is 1. The van der Waals surface area contributed by atoms with Crippen molar-refractivity contribution in [2.45, 2.75) is 45.7 Å². The van der Waals surface area contributed by atoms with Gasteiger partial charge in [0.15, 0.2) is 6.79 Å². The maximum atomic E-state index is 13.9. The SMILES string of the molecule is CC(C)(C)C(=O)OCOP(=O)(CCc1ccc(F)cc1F)C1CCCN(O)C1=O. The van der Waals surface area contributed by atoms with Gasteiger partial charge in [-0.3, -0.25) is 23.9 Å². The molecule has 2 atom stereocenters. The smallest absolute Gasteiger partial charge is 0.313 e. The average Bonchev–Trinajstić information content (AvgIpc) is 2.62. The fourth-order valence-corrected chi connectivity index (χ4v) is 5.35. The molecular formula is C19H26F2NO6P. The lowest BCUT2D eigenvalue weighted by Gasteiger charge is -2.32. The van der Waals surface area contributed by atoms with Crippen molar-refractivity contribution in [3.05, 3.63) is 35.4 Å². The van der Waals surface area contributed by atoms with E-state index in [9.17, 15) is 28.1 Å². The van der Waals surface area contributed by atoms with Crippen LogP contribution in [0, 0.1) is 17.0 Å². The highest BCUT2D eigenvalue weighted by molar-refractivity contribution is 7.60. The van der Waals surface area contributed by atoms with Crippen molar-refractivity contribution in [2.24, 2.45) is 5.41 Å². The molecule has 7 nitrogen and oxygen atoms in total. The number of hydrogen-bond acceptors (Lipinski definition) is 6. The van der Waals surface area contributed by atoms with Crippen LogP contribution >= 0.6 is 7.37 Å². The number of hydroxylamine groups is 2. The van der Waals surface area contributed by atoms with E-state index >= 15 is 0 Å². The molecule has 1 saturated heterocycles. The number of benzene rings is 1. The largest absolute Gasteiger partial charge is 0.438 e. The summed E-state index contributed by atoms with van der Waals surface area (Å²) >= 11 is 0. The normalized spacial score (nSPS) is 19.7. The van der Waals surface area contributed by atoms with Crippen LogP contribution in [0.1, 0.15) is 39.2 Å². The van der Waals surface area contributed by atoms with Crippen molar-refractivity contribution in [2.75, 3.05) is 19.5 Å². The van der Waals surface area contributed by atoms with Crippen molar-refractivity contribution in [1.82, 2.24) is 5.06 Å². The molecule has 0 spiro atoms. The van der Waals surface area contributed by atoms with E-state index in [0.29, 0.717) is 17.6 Å². The predicted molar refractivity (Wildman–Crippen MR) is 101 cm³/mol. The fourth-order valence-electron chi connectivity index (χ4n) is 2.90. The van der Waals surface area contributed by atoms with E-state index in [0.717, 1.165) is 6.07 Å². The Labute approximate surface area is 168 Å². The van der Waals surface area contributed by atoms with Crippen LogP contribution in [-0.2, 0) is 29.8 Å². The van der Waals surface area contributed by atoms with Gasteiger partial charge in [-0.15, -0.1) is 0 Å². The highest BCUT2D eigenvalue weighted by atomic mass is 31.2. The highest BCUT2D eigenvalue weighted by Crippen LogP contribution is 2.55. The molecule has 0 aliphatic carbocycles. The first kappa shape index (κ1) is 23.4. The molecular weight excluding hydrogens is 407 g/mol. The minimum Gasteiger partial charge on any atom is -0.438 e. The average molecular weight is 433 g/mol. The first-order valence-corrected chi connectivity index (χ1v) is 11.2. The Hall–Kier alpha value is -1.83. The predicted octanol–water partition coefficient (Wildman–Crippen LogP) is 3.73. The van der Waals surface area contributed by atoms with Gasteiger partial charge >= 0.3 is 5.97 Å². The minimum atomic E-state index is -3.78. The Morgan fingerprint density at radius 3 is 2.66 bits per heavy atom. The number of amides is 1. The summed E-state index contributed by atoms with van der Waals surface area (Å²) in [5.74, 6) is -2.86. The van der Waals surface area contributed by atoms with Crippen LogP contribution in [0.4, 0.5) is 8.78 Å². The molecule has 10 heteroatoms. The van der Waals surface area contributed by atoms with Gasteiger partial charge in [-0.2, -0.15) is 0 Å². The van der Waals surface area contributed by atoms with Gasteiger partial charge in [-0.05, 0) is 51.7 Å². The molecule has 0 radical (unpaired) electrons. The number of halogens is 2. The van der Waals surface area contributed by atoms with Gasteiger partial charge < -0.3 is 4.74 Å². The molecule has 1 aromatic rings. The molecule has 2 unspecified atom stereocenters. The molecule has 1 N–H and O–H groups in total. The number of esters is 1. The fraction of sp³-hybridized carbons (Fsp3) is 0.579. The topological polar surface area (TPSA) is 93.1 Å². The van der Waals surface area contributed by atoms with E-state index in [1.807, 2.05) is 0 Å². The van der Waals surface area contributed by atoms with Crippen LogP contribution in [0.25, 0.3) is 0 Å². The van der Waals surface area contributed by atoms with Gasteiger partial charge in [-0.25, -0.2) is 13.8 Å². The van der Waals surface area contributed by atoms with Gasteiger partial charge in [0.2, 0.25) is 7.37 Å². The van der Waals surface area contributed by atoms with Crippen LogP contribution in [-0.4, -0.2) is 47.3 Å². The lowest BCUT2D eigenvalue weighted by molar-refractivity contribution is -0.169. The van der Waals surface area contributed by atoms with Gasteiger partial charge in [0.1, 0.15) is 17.3 Å². The van der Waals surface area contributed by atoms with Crippen molar-refractivity contribution in [3.63, 3.8) is 0 Å². The van der Waals surface area contributed by atoms with E-state index in [1.165, 1.54) is 6.07 Å². The number of rotatable bonds is 7. The van der Waals surface area contributed by atoms with Gasteiger partial charge in [-0.1, -0.05) is 6.07 Å². The highest BCUT2D eigenvalue weighted by Gasteiger charge is 2.43. The molecule has 1 amide bonds. The molecule has 1 aromatic carbocycles. The molecule has 162 valence electrons. The van der Waals surface area contributed by atoms with Crippen LogP contribution in [0.3, 0.4) is 0 Å². The number of nitrogens with zero attached hydrogens (tertiary/aromatic N) is 1. The molecule has 1 heterocycles. The Morgan fingerprint density at radius 1 is 1.34 bits per heavy atom. The van der Waals surface area contributed by atoms with E-state index in [-0.39, 0.29) is 31.1 Å². The van der Waals surface area contributed by atoms with E-state index in [1.54, 1.807) is 20.8 Å². The maximum Gasteiger partial charge on any atom is 0.313 e. The number of carbonyl (C=O) groups excluding carboxylic acids is 2. The standard InChI is InChI=1S/C19H26F2NO6P/c1-19(2,3)18(24)27-12-28-29(26,16-5-4-9-22(25)17(16)23)10-8-13-6-7-14(20)11-15(13)21/h6-7,11,16,25H,4-5,8-10,12H2,1-3H3. The zero-order valence-electron chi connectivity index (χ0n) is 16.7. The monoisotopic (exact) mass is 433 g/mol. The van der Waals surface area contributed by atoms with Crippen molar-refractivity contribution < 1.29 is 37.4 Å².